The highest BCUT2D eigenvalue weighted by atomic mass is 16.2. The van der Waals surface area contributed by atoms with Gasteiger partial charge in [-0.3, -0.25) is 9.48 Å². The van der Waals surface area contributed by atoms with E-state index in [4.69, 9.17) is 0 Å². The Balaban J connectivity index is 1.98. The normalized spacial score (nSPS) is 10.8. The van der Waals surface area contributed by atoms with Crippen molar-refractivity contribution in [2.45, 2.75) is 6.92 Å². The molecule has 5 nitrogen and oxygen atoms in total. The minimum Gasteiger partial charge on any atom is -0.357 e. The zero-order valence-corrected chi connectivity index (χ0v) is 10.8. The lowest BCUT2D eigenvalue weighted by molar-refractivity contribution is 0.101. The van der Waals surface area contributed by atoms with Gasteiger partial charge < -0.3 is 10.3 Å². The summed E-state index contributed by atoms with van der Waals surface area (Å²) < 4.78 is 1.55. The van der Waals surface area contributed by atoms with Crippen molar-refractivity contribution in [3.63, 3.8) is 0 Å². The van der Waals surface area contributed by atoms with E-state index in [1.807, 2.05) is 25.1 Å². The van der Waals surface area contributed by atoms with Crippen LogP contribution >= 0.6 is 0 Å². The third-order valence-electron chi connectivity index (χ3n) is 3.09. The number of fused-ring (bicyclic) bond motifs is 1. The number of carbonyl (C=O) groups is 1. The number of aromatic amines is 1. The van der Waals surface area contributed by atoms with Gasteiger partial charge in [0.05, 0.1) is 11.2 Å². The van der Waals surface area contributed by atoms with E-state index >= 15 is 0 Å². The lowest BCUT2D eigenvalue weighted by atomic mass is 10.2. The van der Waals surface area contributed by atoms with Gasteiger partial charge in [-0.25, -0.2) is 0 Å². The van der Waals surface area contributed by atoms with Crippen LogP contribution in [-0.2, 0) is 7.05 Å². The molecule has 3 aromatic rings. The van der Waals surface area contributed by atoms with Crippen molar-refractivity contribution >= 4 is 22.5 Å². The Morgan fingerprint density at radius 3 is 2.95 bits per heavy atom. The van der Waals surface area contributed by atoms with Crippen LogP contribution in [-0.4, -0.2) is 20.7 Å². The molecule has 0 radical (unpaired) electrons. The minimum absolute atomic E-state index is 0.167. The summed E-state index contributed by atoms with van der Waals surface area (Å²) in [7, 11) is 1.74. The molecule has 0 bridgehead atoms. The summed E-state index contributed by atoms with van der Waals surface area (Å²) in [6, 6.07) is 9.56. The fourth-order valence-corrected chi connectivity index (χ4v) is 2.18. The monoisotopic (exact) mass is 254 g/mol. The molecule has 0 spiro atoms. The van der Waals surface area contributed by atoms with E-state index < -0.39 is 0 Å². The van der Waals surface area contributed by atoms with Crippen LogP contribution in [0.4, 0.5) is 5.69 Å². The predicted molar refractivity (Wildman–Crippen MR) is 74.2 cm³/mol. The van der Waals surface area contributed by atoms with E-state index in [0.29, 0.717) is 5.69 Å². The molecule has 2 N–H and O–H groups in total. The smallest absolute Gasteiger partial charge is 0.273 e. The Labute approximate surface area is 110 Å². The lowest BCUT2D eigenvalue weighted by Crippen LogP contribution is -2.16. The number of aryl methyl sites for hydroxylation is 2. The lowest BCUT2D eigenvalue weighted by Gasteiger charge is -2.06. The molecule has 0 saturated heterocycles. The quantitative estimate of drug-likeness (QED) is 0.738. The third kappa shape index (κ3) is 1.99. The van der Waals surface area contributed by atoms with Crippen molar-refractivity contribution in [2.24, 2.45) is 7.05 Å². The first-order chi connectivity index (χ1) is 9.15. The first-order valence-electron chi connectivity index (χ1n) is 6.03. The molecule has 0 fully saturated rings. The Morgan fingerprint density at radius 1 is 1.37 bits per heavy atom. The molecule has 0 aliphatic heterocycles. The van der Waals surface area contributed by atoms with Crippen LogP contribution in [0.25, 0.3) is 10.9 Å². The molecule has 0 aliphatic rings. The van der Waals surface area contributed by atoms with E-state index in [0.717, 1.165) is 22.3 Å². The van der Waals surface area contributed by atoms with Crippen molar-refractivity contribution in [2.75, 3.05) is 5.32 Å². The summed E-state index contributed by atoms with van der Waals surface area (Å²) >= 11 is 0. The number of rotatable bonds is 2. The van der Waals surface area contributed by atoms with Crippen LogP contribution < -0.4 is 5.32 Å². The molecule has 1 amide bonds. The van der Waals surface area contributed by atoms with E-state index in [2.05, 4.69) is 21.5 Å². The van der Waals surface area contributed by atoms with Gasteiger partial charge in [-0.05, 0) is 25.1 Å². The topological polar surface area (TPSA) is 62.7 Å². The molecule has 2 aromatic heterocycles. The second-order valence-corrected chi connectivity index (χ2v) is 4.52. The summed E-state index contributed by atoms with van der Waals surface area (Å²) in [5.41, 5.74) is 3.31. The maximum absolute atomic E-state index is 12.2. The molecule has 3 rings (SSSR count). The summed E-state index contributed by atoms with van der Waals surface area (Å²) in [6.45, 7) is 1.99. The zero-order chi connectivity index (χ0) is 13.4. The molecule has 0 aliphatic carbocycles. The van der Waals surface area contributed by atoms with E-state index in [9.17, 15) is 4.79 Å². The predicted octanol–water partition coefficient (Wildman–Crippen LogP) is 2.46. The second kappa shape index (κ2) is 4.28. The molecular formula is C14H14N4O. The number of benzene rings is 1. The number of nitrogens with one attached hydrogen (secondary N) is 2. The van der Waals surface area contributed by atoms with Gasteiger partial charge in [0.25, 0.3) is 5.91 Å². The van der Waals surface area contributed by atoms with Gasteiger partial charge in [-0.1, -0.05) is 12.1 Å². The van der Waals surface area contributed by atoms with Crippen molar-refractivity contribution in [1.29, 1.82) is 0 Å². The van der Waals surface area contributed by atoms with Gasteiger partial charge >= 0.3 is 0 Å². The summed E-state index contributed by atoms with van der Waals surface area (Å²) in [5.74, 6) is -0.167. The van der Waals surface area contributed by atoms with Crippen LogP contribution in [0.3, 0.4) is 0 Å². The molecule has 5 heteroatoms. The summed E-state index contributed by atoms with van der Waals surface area (Å²) in [5, 5.41) is 7.99. The highest BCUT2D eigenvalue weighted by molar-refractivity contribution is 6.07. The fourth-order valence-electron chi connectivity index (χ4n) is 2.18. The van der Waals surface area contributed by atoms with Crippen molar-refractivity contribution < 1.29 is 4.79 Å². The largest absolute Gasteiger partial charge is 0.357 e. The Kier molecular flexibility index (Phi) is 2.59. The van der Waals surface area contributed by atoms with Crippen LogP contribution in [0.1, 0.15) is 16.2 Å². The van der Waals surface area contributed by atoms with Gasteiger partial charge in [-0.15, -0.1) is 0 Å². The number of hydrogen-bond acceptors (Lipinski definition) is 2. The Hall–Kier alpha value is -2.56. The zero-order valence-electron chi connectivity index (χ0n) is 10.8. The van der Waals surface area contributed by atoms with E-state index in [1.54, 1.807) is 24.0 Å². The van der Waals surface area contributed by atoms with Crippen LogP contribution in [0.2, 0.25) is 0 Å². The standard InChI is InChI=1S/C14H14N4O/c1-9-8-10-4-3-5-11(13(10)16-9)17-14(19)12-6-7-15-18(12)2/h3-8,16H,1-2H3,(H,17,19). The maximum atomic E-state index is 12.2. The number of carbonyl (C=O) groups excluding carboxylic acids is 1. The van der Waals surface area contributed by atoms with Gasteiger partial charge in [0, 0.05) is 24.3 Å². The third-order valence-corrected chi connectivity index (χ3v) is 3.09. The molecule has 19 heavy (non-hydrogen) atoms. The minimum atomic E-state index is -0.167. The number of nitrogens with zero attached hydrogens (tertiary/aromatic N) is 2. The van der Waals surface area contributed by atoms with Gasteiger partial charge in [0.15, 0.2) is 0 Å². The number of para-hydroxylation sites is 1. The van der Waals surface area contributed by atoms with Crippen molar-refractivity contribution in [1.82, 2.24) is 14.8 Å². The summed E-state index contributed by atoms with van der Waals surface area (Å²) in [6.07, 6.45) is 1.61. The number of anilines is 1. The molecule has 96 valence electrons. The van der Waals surface area contributed by atoms with Crippen molar-refractivity contribution in [3.05, 3.63) is 47.9 Å². The number of H-pyrrole nitrogens is 1. The highest BCUT2D eigenvalue weighted by Crippen LogP contribution is 2.23. The SMILES string of the molecule is Cc1cc2cccc(NC(=O)c3ccnn3C)c2[nH]1. The Morgan fingerprint density at radius 2 is 2.21 bits per heavy atom. The van der Waals surface area contributed by atoms with Crippen molar-refractivity contribution in [3.8, 4) is 0 Å². The number of aromatic nitrogens is 3. The first kappa shape index (κ1) is 11.5. The van der Waals surface area contributed by atoms with Crippen LogP contribution in [0.15, 0.2) is 36.5 Å². The van der Waals surface area contributed by atoms with Gasteiger partial charge in [-0.2, -0.15) is 5.10 Å². The molecule has 1 aromatic carbocycles. The number of amides is 1. The first-order valence-corrected chi connectivity index (χ1v) is 6.03. The average molecular weight is 254 g/mol. The van der Waals surface area contributed by atoms with E-state index in [1.165, 1.54) is 0 Å². The summed E-state index contributed by atoms with van der Waals surface area (Å²) in [4.78, 5) is 15.4. The van der Waals surface area contributed by atoms with Gasteiger partial charge in [0.2, 0.25) is 0 Å². The second-order valence-electron chi connectivity index (χ2n) is 4.52. The molecule has 0 unspecified atom stereocenters. The molecular weight excluding hydrogens is 240 g/mol. The van der Waals surface area contributed by atoms with Crippen LogP contribution in [0, 0.1) is 6.92 Å². The average Bonchev–Trinajstić information content (AvgIpc) is 2.94. The molecule has 2 heterocycles. The Bertz CT molecular complexity index is 754. The molecule has 0 saturated carbocycles. The highest BCUT2D eigenvalue weighted by Gasteiger charge is 2.12. The van der Waals surface area contributed by atoms with Gasteiger partial charge in [0.1, 0.15) is 5.69 Å². The van der Waals surface area contributed by atoms with Crippen LogP contribution in [0.5, 0.6) is 0 Å². The number of hydrogen-bond donors (Lipinski definition) is 2. The van der Waals surface area contributed by atoms with E-state index in [-0.39, 0.29) is 5.91 Å². The fraction of sp³-hybridized carbons (Fsp3) is 0.143. The molecule has 0 atom stereocenters. The maximum Gasteiger partial charge on any atom is 0.273 e.